The summed E-state index contributed by atoms with van der Waals surface area (Å²) in [6.07, 6.45) is 0. The molecule has 0 amide bonds. The minimum atomic E-state index is -1.01. The molecule has 0 spiro atoms. The first kappa shape index (κ1) is 194. The first-order valence-electron chi connectivity index (χ1n) is 25.9. The first-order chi connectivity index (χ1) is 35.3. The van der Waals surface area contributed by atoms with Crippen LogP contribution in [0, 0.1) is 65.0 Å². The molecule has 33 nitrogen and oxygen atoms in total. The predicted molar refractivity (Wildman–Crippen MR) is 300 cm³/mol. The molecule has 0 saturated carbocycles. The number of carboxylic acids is 12. The second-order valence-electron chi connectivity index (χ2n) is 30.4. The Hall–Kier alpha value is -2.56. The minimum Gasteiger partial charge on any atom is -2.00 e. The third-order valence-corrected chi connectivity index (χ3v) is 7.35. The smallest absolute Gasteiger partial charge is 2.00 e. The number of carbonyl (C=O) groups is 12. The van der Waals surface area contributed by atoms with E-state index in [0.717, 1.165) is 0 Å². The van der Waals surface area contributed by atoms with Gasteiger partial charge in [-0.1, -0.05) is 249 Å². The molecule has 41 heteroatoms. The van der Waals surface area contributed by atoms with E-state index in [2.05, 4.69) is 0 Å². The van der Waals surface area contributed by atoms with Crippen molar-refractivity contribution in [3.8, 4) is 0 Å². The summed E-state index contributed by atoms with van der Waals surface area (Å²) in [5.74, 6) is -12.1. The third kappa shape index (κ3) is 184. The molecule has 0 aromatic carbocycles. The third-order valence-electron chi connectivity index (χ3n) is 7.35. The van der Waals surface area contributed by atoms with Gasteiger partial charge in [0, 0.05) is 239 Å². The number of carbonyl (C=O) groups excluding carboxylic acids is 12. The maximum Gasteiger partial charge on any atom is 3.00 e. The summed E-state index contributed by atoms with van der Waals surface area (Å²) in [7, 11) is 0. The van der Waals surface area contributed by atoms with E-state index in [-0.39, 0.29) is 186 Å². The second-order valence-corrected chi connectivity index (χ2v) is 30.4. The van der Waals surface area contributed by atoms with Crippen molar-refractivity contribution in [3.05, 3.63) is 0 Å². The van der Waals surface area contributed by atoms with E-state index in [1.165, 1.54) is 0 Å². The van der Waals surface area contributed by atoms with Crippen LogP contribution in [0.4, 0.5) is 0 Å². The second kappa shape index (κ2) is 81.5. The molecule has 626 valence electrons. The van der Waals surface area contributed by atoms with Gasteiger partial charge in [0.15, 0.2) is 0 Å². The van der Waals surface area contributed by atoms with Crippen LogP contribution in [0.5, 0.6) is 0 Å². The van der Waals surface area contributed by atoms with E-state index in [0.29, 0.717) is 0 Å². The molecule has 0 aliphatic rings. The number of hydrogen-bond acceptors (Lipinski definition) is 24. The monoisotopic (exact) mass is 1800 g/mol. The minimum absolute atomic E-state index is 0. The van der Waals surface area contributed by atoms with E-state index in [4.69, 9.17) is 0 Å². The summed E-state index contributed by atoms with van der Waals surface area (Å²) >= 11 is 0. The van der Waals surface area contributed by atoms with Gasteiger partial charge in [-0.2, -0.15) is 0 Å². The molecule has 101 heavy (non-hydrogen) atoms. The first-order valence-corrected chi connectivity index (χ1v) is 25.9. The fourth-order valence-electron chi connectivity index (χ4n) is 0. The van der Waals surface area contributed by atoms with Gasteiger partial charge in [0.25, 0.3) is 0 Å². The van der Waals surface area contributed by atoms with Gasteiger partial charge >= 0.3 is 34.1 Å². The maximum absolute atomic E-state index is 9.91. The Labute approximate surface area is 685 Å². The van der Waals surface area contributed by atoms with E-state index >= 15 is 0 Å². The molecule has 0 heterocycles. The van der Waals surface area contributed by atoms with Crippen LogP contribution >= 0.6 is 0 Å². The van der Waals surface area contributed by atoms with Crippen molar-refractivity contribution >= 4 is 71.6 Å². The Morgan fingerprint density at radius 1 is 0.129 bits per heavy atom. The van der Waals surface area contributed by atoms with Crippen LogP contribution in [-0.2, 0) is 243 Å². The standard InChI is InChI=1S/12C5H10O2.8Mn.9O/c12*1-5(2,3)4(6)7;;;;;;;;;;;;;;;;;/h12*1-3H3,(H,6,7);;;;;;;;;;;;;;;;;/q;;;;;;;;;;;;;;;;;;2*+3;9*-2/p-12. The Morgan fingerprint density at radius 3 is 0.139 bits per heavy atom. The van der Waals surface area contributed by atoms with Crippen LogP contribution in [0.2, 0.25) is 0 Å². The van der Waals surface area contributed by atoms with Gasteiger partial charge in [-0.25, -0.2) is 0 Å². The Bertz CT molecular complexity index is 1510. The van der Waals surface area contributed by atoms with E-state index in [9.17, 15) is 119 Å². The van der Waals surface area contributed by atoms with E-state index in [1.807, 2.05) is 0 Å². The molecule has 0 fully saturated rings. The van der Waals surface area contributed by atoms with Crippen LogP contribution in [-0.4, -0.2) is 71.6 Å². The van der Waals surface area contributed by atoms with Crippen molar-refractivity contribution < 1.29 is 305 Å². The zero-order valence-corrected chi connectivity index (χ0v) is 73.9. The maximum atomic E-state index is 9.91. The van der Waals surface area contributed by atoms with Crippen LogP contribution < -0.4 is 61.3 Å². The van der Waals surface area contributed by atoms with Crippen molar-refractivity contribution in [1.29, 1.82) is 0 Å². The SMILES string of the molecule is CC(C)(C)C(=O)[O-].CC(C)(C)C(=O)[O-].CC(C)(C)C(=O)[O-].CC(C)(C)C(=O)[O-].CC(C)(C)C(=O)[O-].CC(C)(C)C(=O)[O-].CC(C)(C)C(=O)[O-].CC(C)(C)C(=O)[O-].CC(C)(C)C(=O)[O-].CC(C)(C)C(=O)[O-].CC(C)(C)C(=O)[O-].CC(C)(C)C(=O)[O-].[Mn+3].[Mn+3].[Mn].[Mn].[Mn].[Mn].[Mn].[Mn].[O-2].[O-2].[O-2].[O-2].[O-2].[O-2].[O-2].[O-2].[O-2]. The summed E-state index contributed by atoms with van der Waals surface area (Å²) < 4.78 is 0. The number of hydrogen-bond donors (Lipinski definition) is 0. The van der Waals surface area contributed by atoms with Crippen molar-refractivity contribution in [1.82, 2.24) is 0 Å². The van der Waals surface area contributed by atoms with Gasteiger partial charge in [-0.05, 0) is 0 Å². The zero-order chi connectivity index (χ0) is 72.9. The number of carboxylic acid groups (broad SMARTS) is 12. The Morgan fingerprint density at radius 2 is 0.139 bits per heavy atom. The quantitative estimate of drug-likeness (QED) is 0.211. The molecule has 0 aliphatic heterocycles. The number of aliphatic carboxylic acids is 12. The normalized spacial score (nSPS) is 9.39. The molecular weight excluding hydrogens is 1690 g/mol. The molecule has 0 aromatic heterocycles. The van der Waals surface area contributed by atoms with Gasteiger partial charge < -0.3 is 168 Å². The average molecular weight is 1800 g/mol. The molecule has 0 aromatic rings. The van der Waals surface area contributed by atoms with Gasteiger partial charge in [0.1, 0.15) is 0 Å². The predicted octanol–water partition coefficient (Wildman–Crippen LogP) is -3.70. The van der Waals surface area contributed by atoms with Gasteiger partial charge in [-0.15, -0.1) is 0 Å². The molecule has 6 radical (unpaired) electrons. The molecule has 0 N–H and O–H groups in total. The molecule has 0 unspecified atom stereocenters. The molecule has 0 rings (SSSR count). The topological polar surface area (TPSA) is 738 Å². The summed E-state index contributed by atoms with van der Waals surface area (Å²) in [6.45, 7) is 57.6. The van der Waals surface area contributed by atoms with Crippen molar-refractivity contribution in [2.24, 2.45) is 65.0 Å². The van der Waals surface area contributed by atoms with Crippen LogP contribution in [0.15, 0.2) is 0 Å². The van der Waals surface area contributed by atoms with Crippen molar-refractivity contribution in [2.45, 2.75) is 249 Å². The fourth-order valence-corrected chi connectivity index (χ4v) is 0. The Balaban J connectivity index is -0.0000000204. The van der Waals surface area contributed by atoms with E-state index < -0.39 is 137 Å². The van der Waals surface area contributed by atoms with Gasteiger partial charge in [0.2, 0.25) is 0 Å². The summed E-state index contributed by atoms with van der Waals surface area (Å²) in [6, 6.07) is 0. The average Bonchev–Trinajstić information content (AvgIpc) is 3.16. The molecule has 0 aliphatic carbocycles. The molecular formula is C60H108Mn8O33-24. The van der Waals surface area contributed by atoms with E-state index in [1.54, 1.807) is 249 Å². The molecule has 0 saturated heterocycles. The van der Waals surface area contributed by atoms with Crippen molar-refractivity contribution in [2.75, 3.05) is 0 Å². The van der Waals surface area contributed by atoms with Gasteiger partial charge in [-0.3, -0.25) is 0 Å². The van der Waals surface area contributed by atoms with Crippen LogP contribution in [0.1, 0.15) is 249 Å². The van der Waals surface area contributed by atoms with Crippen molar-refractivity contribution in [3.63, 3.8) is 0 Å². The summed E-state index contributed by atoms with van der Waals surface area (Å²) in [4.78, 5) is 119. The molecule has 0 bridgehead atoms. The summed E-state index contributed by atoms with van der Waals surface area (Å²) in [5.41, 5.74) is -8.33. The van der Waals surface area contributed by atoms with Gasteiger partial charge in [0.05, 0.1) is 0 Å². The fraction of sp³-hybridized carbons (Fsp3) is 0.800. The van der Waals surface area contributed by atoms with Crippen LogP contribution in [0.25, 0.3) is 0 Å². The number of rotatable bonds is 0. The zero-order valence-electron chi connectivity index (χ0n) is 64.5. The largest absolute Gasteiger partial charge is 3.00 e. The molecule has 0 atom stereocenters. The Kier molecular flexibility index (Phi) is 156. The van der Waals surface area contributed by atoms with Crippen LogP contribution in [0.3, 0.4) is 0 Å². The summed E-state index contributed by atoms with van der Waals surface area (Å²) in [5, 5.41) is 119.